The van der Waals surface area contributed by atoms with Gasteiger partial charge in [0, 0.05) is 25.7 Å². The van der Waals surface area contributed by atoms with Gasteiger partial charge in [0.15, 0.2) is 0 Å². The van der Waals surface area contributed by atoms with Crippen LogP contribution >= 0.6 is 11.6 Å². The Balaban J connectivity index is 1.75. The first kappa shape index (κ1) is 19.7. The fourth-order valence-corrected chi connectivity index (χ4v) is 3.49. The van der Waals surface area contributed by atoms with Gasteiger partial charge < -0.3 is 4.90 Å². The molecule has 1 aliphatic heterocycles. The Morgan fingerprint density at radius 1 is 1.22 bits per heavy atom. The lowest BCUT2D eigenvalue weighted by Crippen LogP contribution is -2.54. The highest BCUT2D eigenvalue weighted by atomic mass is 35.5. The smallest absolute Gasteiger partial charge is 0.366 e. The molecule has 1 atom stereocenters. The van der Waals surface area contributed by atoms with E-state index in [4.69, 9.17) is 11.6 Å². The number of halogens is 4. The molecule has 0 spiro atoms. The van der Waals surface area contributed by atoms with Crippen molar-refractivity contribution in [3.8, 4) is 0 Å². The van der Waals surface area contributed by atoms with E-state index in [0.29, 0.717) is 25.3 Å². The number of aromatic nitrogens is 2. The zero-order chi connectivity index (χ0) is 19.6. The molecule has 2 heterocycles. The Labute approximate surface area is 160 Å². The summed E-state index contributed by atoms with van der Waals surface area (Å²) in [6.45, 7) is 2.03. The average molecular weight is 401 g/mol. The zero-order valence-corrected chi connectivity index (χ0v) is 15.5. The summed E-state index contributed by atoms with van der Waals surface area (Å²) in [7, 11) is 0. The molecule has 0 N–H and O–H groups in total. The Hall–Kier alpha value is -2.06. The quantitative estimate of drug-likeness (QED) is 0.791. The van der Waals surface area contributed by atoms with Crippen molar-refractivity contribution in [2.45, 2.75) is 25.7 Å². The van der Waals surface area contributed by atoms with E-state index in [0.717, 1.165) is 5.56 Å². The summed E-state index contributed by atoms with van der Waals surface area (Å²) < 4.78 is 39.2. The van der Waals surface area contributed by atoms with Gasteiger partial charge >= 0.3 is 6.18 Å². The molecule has 27 heavy (non-hydrogen) atoms. The Bertz CT molecular complexity index is 841. The number of alkyl halides is 3. The SMILES string of the molecule is CC1CN(c2cnn(Cc3ccccc3)c(=O)c2Cl)CCN1CC(F)(F)F. The summed E-state index contributed by atoms with van der Waals surface area (Å²) in [5.41, 5.74) is 0.971. The Morgan fingerprint density at radius 2 is 1.93 bits per heavy atom. The first-order valence-electron chi connectivity index (χ1n) is 8.60. The van der Waals surface area contributed by atoms with Crippen LogP contribution in [-0.4, -0.2) is 53.1 Å². The summed E-state index contributed by atoms with van der Waals surface area (Å²) in [5, 5.41) is 4.24. The largest absolute Gasteiger partial charge is 0.401 e. The molecule has 3 rings (SSSR count). The van der Waals surface area contributed by atoms with Crippen LogP contribution in [0.1, 0.15) is 12.5 Å². The van der Waals surface area contributed by atoms with Crippen molar-refractivity contribution in [3.63, 3.8) is 0 Å². The number of piperazine rings is 1. The topological polar surface area (TPSA) is 41.4 Å². The summed E-state index contributed by atoms with van der Waals surface area (Å²) >= 11 is 6.28. The molecule has 1 saturated heterocycles. The monoisotopic (exact) mass is 400 g/mol. The predicted octanol–water partition coefficient (Wildman–Crippen LogP) is 3.02. The van der Waals surface area contributed by atoms with E-state index in [1.54, 1.807) is 6.92 Å². The summed E-state index contributed by atoms with van der Waals surface area (Å²) in [5.74, 6) is 0. The second kappa shape index (κ2) is 7.90. The number of anilines is 1. The fraction of sp³-hybridized carbons (Fsp3) is 0.444. The molecule has 9 heteroatoms. The van der Waals surface area contributed by atoms with Crippen molar-refractivity contribution in [1.82, 2.24) is 14.7 Å². The van der Waals surface area contributed by atoms with Crippen LogP contribution in [0.15, 0.2) is 41.3 Å². The highest BCUT2D eigenvalue weighted by molar-refractivity contribution is 6.33. The number of hydrogen-bond acceptors (Lipinski definition) is 4. The number of rotatable bonds is 4. The maximum absolute atomic E-state index is 12.6. The van der Waals surface area contributed by atoms with Crippen LogP contribution < -0.4 is 10.5 Å². The number of nitrogens with zero attached hydrogens (tertiary/aromatic N) is 4. The molecule has 0 saturated carbocycles. The summed E-state index contributed by atoms with van der Waals surface area (Å²) in [6, 6.07) is 9.09. The fourth-order valence-electron chi connectivity index (χ4n) is 3.23. The minimum atomic E-state index is -4.23. The van der Waals surface area contributed by atoms with Gasteiger partial charge in [0.2, 0.25) is 0 Å². The van der Waals surface area contributed by atoms with Crippen LogP contribution in [0.5, 0.6) is 0 Å². The van der Waals surface area contributed by atoms with Crippen LogP contribution in [0.4, 0.5) is 18.9 Å². The van der Waals surface area contributed by atoms with Gasteiger partial charge in [0.05, 0.1) is 25.0 Å². The maximum Gasteiger partial charge on any atom is 0.401 e. The molecule has 0 bridgehead atoms. The van der Waals surface area contributed by atoms with Gasteiger partial charge in [-0.05, 0) is 12.5 Å². The second-order valence-electron chi connectivity index (χ2n) is 6.67. The average Bonchev–Trinajstić information content (AvgIpc) is 2.61. The Kier molecular flexibility index (Phi) is 5.76. The molecular weight excluding hydrogens is 381 g/mol. The lowest BCUT2D eigenvalue weighted by Gasteiger charge is -2.41. The molecule has 1 aromatic heterocycles. The van der Waals surface area contributed by atoms with Crippen LogP contribution in [-0.2, 0) is 6.54 Å². The van der Waals surface area contributed by atoms with Crippen molar-refractivity contribution in [2.75, 3.05) is 31.1 Å². The van der Waals surface area contributed by atoms with Gasteiger partial charge in [0.25, 0.3) is 5.56 Å². The van der Waals surface area contributed by atoms with E-state index in [2.05, 4.69) is 5.10 Å². The van der Waals surface area contributed by atoms with Gasteiger partial charge in [-0.15, -0.1) is 0 Å². The molecule has 0 aliphatic carbocycles. The van der Waals surface area contributed by atoms with E-state index < -0.39 is 18.3 Å². The molecule has 146 valence electrons. The third-order valence-corrected chi connectivity index (χ3v) is 4.99. The van der Waals surface area contributed by atoms with Crippen LogP contribution in [0.3, 0.4) is 0 Å². The first-order chi connectivity index (χ1) is 12.7. The minimum Gasteiger partial charge on any atom is -0.366 e. The summed E-state index contributed by atoms with van der Waals surface area (Å²) in [4.78, 5) is 15.8. The summed E-state index contributed by atoms with van der Waals surface area (Å²) in [6.07, 6.45) is -2.72. The normalized spacial score (nSPS) is 18.7. The molecule has 0 radical (unpaired) electrons. The first-order valence-corrected chi connectivity index (χ1v) is 8.97. The number of benzene rings is 1. The van der Waals surface area contributed by atoms with Gasteiger partial charge in [-0.2, -0.15) is 18.3 Å². The van der Waals surface area contributed by atoms with Crippen molar-refractivity contribution < 1.29 is 13.2 Å². The Morgan fingerprint density at radius 3 is 2.56 bits per heavy atom. The van der Waals surface area contributed by atoms with E-state index in [9.17, 15) is 18.0 Å². The van der Waals surface area contributed by atoms with E-state index in [1.807, 2.05) is 35.2 Å². The predicted molar refractivity (Wildman–Crippen MR) is 98.4 cm³/mol. The van der Waals surface area contributed by atoms with Gasteiger partial charge in [-0.1, -0.05) is 41.9 Å². The maximum atomic E-state index is 12.6. The van der Waals surface area contributed by atoms with E-state index in [1.165, 1.54) is 15.8 Å². The lowest BCUT2D eigenvalue weighted by molar-refractivity contribution is -0.150. The van der Waals surface area contributed by atoms with Gasteiger partial charge in [-0.25, -0.2) is 4.68 Å². The molecule has 1 fully saturated rings. The standard InChI is InChI=1S/C18H20ClF3N4O/c1-13-10-24(7-8-25(13)12-18(20,21)22)15-9-23-26(17(27)16(15)19)11-14-5-3-2-4-6-14/h2-6,9,13H,7-8,10-12H2,1H3. The van der Waals surface area contributed by atoms with Crippen molar-refractivity contribution in [3.05, 3.63) is 57.5 Å². The third kappa shape index (κ3) is 4.81. The van der Waals surface area contributed by atoms with E-state index >= 15 is 0 Å². The minimum absolute atomic E-state index is 0.0393. The molecule has 1 aromatic carbocycles. The van der Waals surface area contributed by atoms with Gasteiger partial charge in [0.1, 0.15) is 5.02 Å². The zero-order valence-electron chi connectivity index (χ0n) is 14.8. The van der Waals surface area contributed by atoms with Crippen molar-refractivity contribution in [2.24, 2.45) is 0 Å². The van der Waals surface area contributed by atoms with Crippen LogP contribution in [0, 0.1) is 0 Å². The molecule has 5 nitrogen and oxygen atoms in total. The number of hydrogen-bond donors (Lipinski definition) is 0. The second-order valence-corrected chi connectivity index (χ2v) is 7.05. The third-order valence-electron chi connectivity index (χ3n) is 4.63. The highest BCUT2D eigenvalue weighted by Crippen LogP contribution is 2.26. The van der Waals surface area contributed by atoms with Crippen LogP contribution in [0.25, 0.3) is 0 Å². The van der Waals surface area contributed by atoms with Crippen molar-refractivity contribution >= 4 is 17.3 Å². The molecule has 1 unspecified atom stereocenters. The van der Waals surface area contributed by atoms with Crippen molar-refractivity contribution in [1.29, 1.82) is 0 Å². The van der Waals surface area contributed by atoms with Crippen LogP contribution in [0.2, 0.25) is 5.02 Å². The molecule has 0 amide bonds. The van der Waals surface area contributed by atoms with Gasteiger partial charge in [-0.3, -0.25) is 9.69 Å². The lowest BCUT2D eigenvalue weighted by atomic mass is 10.1. The van der Waals surface area contributed by atoms with E-state index in [-0.39, 0.29) is 17.6 Å². The highest BCUT2D eigenvalue weighted by Gasteiger charge is 2.35. The molecule has 1 aliphatic rings. The molecule has 2 aromatic rings. The molecular formula is C18H20ClF3N4O.